The Morgan fingerprint density at radius 3 is 2.72 bits per heavy atom. The number of amides is 2. The number of rotatable bonds is 3. The average molecular weight is 252 g/mol. The first-order chi connectivity index (χ1) is 8.45. The second kappa shape index (κ2) is 6.29. The molecule has 1 unspecified atom stereocenters. The highest BCUT2D eigenvalue weighted by Crippen LogP contribution is 2.23. The Hall–Kier alpha value is -1.70. The van der Waals surface area contributed by atoms with E-state index in [9.17, 15) is 9.59 Å². The monoisotopic (exact) mass is 252 g/mol. The van der Waals surface area contributed by atoms with Crippen LogP contribution in [0, 0.1) is 18.3 Å². The van der Waals surface area contributed by atoms with Crippen LogP contribution in [0.3, 0.4) is 0 Å². The molecule has 5 nitrogen and oxygen atoms in total. The Morgan fingerprint density at radius 2 is 2.17 bits per heavy atom. The minimum Gasteiger partial charge on any atom is -0.465 e. The number of likely N-dealkylation sites (N-methyl/N-ethyl adjacent to an activating group) is 1. The van der Waals surface area contributed by atoms with Crippen LogP contribution in [-0.2, 0) is 4.79 Å². The number of terminal acetylenes is 1. The lowest BCUT2D eigenvalue weighted by Crippen LogP contribution is -2.49. The minimum absolute atomic E-state index is 0.0666. The van der Waals surface area contributed by atoms with Crippen molar-refractivity contribution in [1.82, 2.24) is 10.2 Å². The van der Waals surface area contributed by atoms with Gasteiger partial charge in [-0.25, -0.2) is 4.79 Å². The molecule has 0 aliphatic heterocycles. The van der Waals surface area contributed by atoms with Gasteiger partial charge in [0, 0.05) is 19.0 Å². The van der Waals surface area contributed by atoms with Crippen LogP contribution in [0.5, 0.6) is 0 Å². The van der Waals surface area contributed by atoms with Crippen LogP contribution in [0.25, 0.3) is 0 Å². The largest absolute Gasteiger partial charge is 0.465 e. The van der Waals surface area contributed by atoms with E-state index in [2.05, 4.69) is 11.2 Å². The van der Waals surface area contributed by atoms with Crippen molar-refractivity contribution in [2.75, 3.05) is 7.05 Å². The average Bonchev–Trinajstić information content (AvgIpc) is 2.36. The summed E-state index contributed by atoms with van der Waals surface area (Å²) < 4.78 is 0. The summed E-state index contributed by atoms with van der Waals surface area (Å²) in [5.41, 5.74) is 0. The molecule has 18 heavy (non-hydrogen) atoms. The molecule has 100 valence electrons. The Morgan fingerprint density at radius 1 is 1.50 bits per heavy atom. The second-order valence-electron chi connectivity index (χ2n) is 4.81. The molecule has 3 atom stereocenters. The summed E-state index contributed by atoms with van der Waals surface area (Å²) in [6.45, 7) is 1.57. The lowest BCUT2D eigenvalue weighted by Gasteiger charge is -2.29. The standard InChI is InChI=1S/C13H20N2O3/c1-4-10-6-5-7-11(8-10)14-12(16)9(2)15(3)13(17)18/h1,9-11H,5-8H2,2-3H3,(H,14,16)(H,17,18)/t9?,10-,11+/m1/s1. The van der Waals surface area contributed by atoms with E-state index in [1.807, 2.05) is 0 Å². The number of nitrogens with zero attached hydrogens (tertiary/aromatic N) is 1. The molecule has 0 aromatic heterocycles. The van der Waals surface area contributed by atoms with Gasteiger partial charge in [0.2, 0.25) is 5.91 Å². The van der Waals surface area contributed by atoms with Crippen LogP contribution >= 0.6 is 0 Å². The van der Waals surface area contributed by atoms with E-state index < -0.39 is 12.1 Å². The molecular formula is C13H20N2O3. The van der Waals surface area contributed by atoms with E-state index in [-0.39, 0.29) is 17.9 Å². The van der Waals surface area contributed by atoms with Crippen molar-refractivity contribution >= 4 is 12.0 Å². The van der Waals surface area contributed by atoms with Gasteiger partial charge >= 0.3 is 6.09 Å². The Bertz CT molecular complexity index is 362. The van der Waals surface area contributed by atoms with Crippen molar-refractivity contribution in [3.63, 3.8) is 0 Å². The molecule has 0 heterocycles. The summed E-state index contributed by atoms with van der Waals surface area (Å²) in [5, 5.41) is 11.7. The number of carbonyl (C=O) groups is 2. The highest BCUT2D eigenvalue weighted by atomic mass is 16.4. The number of hydrogen-bond acceptors (Lipinski definition) is 2. The highest BCUT2D eigenvalue weighted by molar-refractivity contribution is 5.84. The molecule has 0 spiro atoms. The first-order valence-electron chi connectivity index (χ1n) is 6.18. The van der Waals surface area contributed by atoms with Gasteiger partial charge in [-0.2, -0.15) is 0 Å². The molecule has 0 bridgehead atoms. The van der Waals surface area contributed by atoms with Gasteiger partial charge in [-0.1, -0.05) is 6.42 Å². The fraction of sp³-hybridized carbons (Fsp3) is 0.692. The summed E-state index contributed by atoms with van der Waals surface area (Å²) in [6, 6.07) is -0.620. The van der Waals surface area contributed by atoms with Crippen LogP contribution in [0.2, 0.25) is 0 Å². The highest BCUT2D eigenvalue weighted by Gasteiger charge is 2.26. The Labute approximate surface area is 108 Å². The van der Waals surface area contributed by atoms with Crippen molar-refractivity contribution in [1.29, 1.82) is 0 Å². The third-order valence-corrected chi connectivity index (χ3v) is 3.52. The topological polar surface area (TPSA) is 69.6 Å². The van der Waals surface area contributed by atoms with E-state index in [0.29, 0.717) is 0 Å². The number of nitrogens with one attached hydrogen (secondary N) is 1. The molecular weight excluding hydrogens is 232 g/mol. The molecule has 0 aromatic carbocycles. The molecule has 1 rings (SSSR count). The third-order valence-electron chi connectivity index (χ3n) is 3.52. The van der Waals surface area contributed by atoms with Crippen molar-refractivity contribution in [3.8, 4) is 12.3 Å². The van der Waals surface area contributed by atoms with Gasteiger partial charge in [0.05, 0.1) is 0 Å². The smallest absolute Gasteiger partial charge is 0.407 e. The quantitative estimate of drug-likeness (QED) is 0.744. The van der Waals surface area contributed by atoms with E-state index >= 15 is 0 Å². The molecule has 0 saturated heterocycles. The first kappa shape index (κ1) is 14.4. The van der Waals surface area contributed by atoms with Crippen LogP contribution in [0.4, 0.5) is 4.79 Å². The van der Waals surface area contributed by atoms with Gasteiger partial charge in [-0.3, -0.25) is 9.69 Å². The molecule has 5 heteroatoms. The number of hydrogen-bond donors (Lipinski definition) is 2. The molecule has 1 aliphatic carbocycles. The molecule has 1 fully saturated rings. The Kier molecular flexibility index (Phi) is 5.02. The van der Waals surface area contributed by atoms with Crippen LogP contribution in [0.15, 0.2) is 0 Å². The van der Waals surface area contributed by atoms with Gasteiger partial charge in [-0.15, -0.1) is 12.3 Å². The van der Waals surface area contributed by atoms with Crippen LogP contribution < -0.4 is 5.32 Å². The zero-order valence-electron chi connectivity index (χ0n) is 10.8. The predicted molar refractivity (Wildman–Crippen MR) is 68.0 cm³/mol. The van der Waals surface area contributed by atoms with Crippen LogP contribution in [0.1, 0.15) is 32.6 Å². The van der Waals surface area contributed by atoms with Crippen LogP contribution in [-0.4, -0.2) is 41.1 Å². The van der Waals surface area contributed by atoms with Gasteiger partial charge in [0.25, 0.3) is 0 Å². The minimum atomic E-state index is -1.11. The molecule has 2 amide bonds. The van der Waals surface area contributed by atoms with Crippen molar-refractivity contribution in [3.05, 3.63) is 0 Å². The van der Waals surface area contributed by atoms with Gasteiger partial charge in [-0.05, 0) is 26.2 Å². The summed E-state index contributed by atoms with van der Waals surface area (Å²) in [5.74, 6) is 2.68. The third kappa shape index (κ3) is 3.66. The zero-order chi connectivity index (χ0) is 13.7. The van der Waals surface area contributed by atoms with Crippen molar-refractivity contribution in [2.45, 2.75) is 44.7 Å². The first-order valence-corrected chi connectivity index (χ1v) is 6.18. The summed E-state index contributed by atoms with van der Waals surface area (Å²) in [4.78, 5) is 23.6. The van der Waals surface area contributed by atoms with Gasteiger partial charge in [0.15, 0.2) is 0 Å². The predicted octanol–water partition coefficient (Wildman–Crippen LogP) is 1.29. The van der Waals surface area contributed by atoms with Crippen molar-refractivity contribution < 1.29 is 14.7 Å². The maximum absolute atomic E-state index is 11.9. The maximum Gasteiger partial charge on any atom is 0.407 e. The van der Waals surface area contributed by atoms with Gasteiger partial charge < -0.3 is 10.4 Å². The maximum atomic E-state index is 11.9. The van der Waals surface area contributed by atoms with E-state index in [1.54, 1.807) is 6.92 Å². The van der Waals surface area contributed by atoms with Gasteiger partial charge in [0.1, 0.15) is 6.04 Å². The van der Waals surface area contributed by atoms with E-state index in [4.69, 9.17) is 11.5 Å². The lowest BCUT2D eigenvalue weighted by atomic mass is 9.86. The SMILES string of the molecule is C#C[C@@H]1CCC[C@H](NC(=O)C(C)N(C)C(=O)O)C1. The molecule has 1 saturated carbocycles. The van der Waals surface area contributed by atoms with E-state index in [0.717, 1.165) is 30.6 Å². The zero-order valence-corrected chi connectivity index (χ0v) is 10.8. The normalized spacial score (nSPS) is 24.7. The summed E-state index contributed by atoms with van der Waals surface area (Å²) >= 11 is 0. The van der Waals surface area contributed by atoms with Crippen molar-refractivity contribution in [2.24, 2.45) is 5.92 Å². The number of carboxylic acid groups (broad SMARTS) is 1. The number of carbonyl (C=O) groups excluding carboxylic acids is 1. The summed E-state index contributed by atoms with van der Waals surface area (Å²) in [6.07, 6.45) is 7.99. The molecule has 2 N–H and O–H groups in total. The second-order valence-corrected chi connectivity index (χ2v) is 4.81. The molecule has 1 aliphatic rings. The van der Waals surface area contributed by atoms with E-state index in [1.165, 1.54) is 7.05 Å². The fourth-order valence-corrected chi connectivity index (χ4v) is 2.14. The molecule has 0 aromatic rings. The summed E-state index contributed by atoms with van der Waals surface area (Å²) in [7, 11) is 1.39. The Balaban J connectivity index is 2.49. The fourth-order valence-electron chi connectivity index (χ4n) is 2.14. The lowest BCUT2D eigenvalue weighted by molar-refractivity contribution is -0.125. The molecule has 0 radical (unpaired) electrons.